The molecule has 18 heavy (non-hydrogen) atoms. The van der Waals surface area contributed by atoms with Crippen LogP contribution in [0.5, 0.6) is 0 Å². The van der Waals surface area contributed by atoms with Crippen LogP contribution in [0.2, 0.25) is 0 Å². The molecule has 90 valence electrons. The molecule has 0 radical (unpaired) electrons. The third kappa shape index (κ3) is 2.91. The summed E-state index contributed by atoms with van der Waals surface area (Å²) < 4.78 is 0. The number of hydrogen-bond donors (Lipinski definition) is 0. The van der Waals surface area contributed by atoms with Crippen molar-refractivity contribution in [3.8, 4) is 6.07 Å². The summed E-state index contributed by atoms with van der Waals surface area (Å²) in [5.41, 5.74) is 1.99. The first-order chi connectivity index (χ1) is 8.70. The minimum atomic E-state index is 0.539. The minimum Gasteiger partial charge on any atom is -0.263 e. The summed E-state index contributed by atoms with van der Waals surface area (Å²) in [5, 5.41) is 9.02. The van der Waals surface area contributed by atoms with Gasteiger partial charge in [0.1, 0.15) is 6.07 Å². The van der Waals surface area contributed by atoms with Gasteiger partial charge in [-0.15, -0.1) is 0 Å². The maximum absolute atomic E-state index is 9.02. The fourth-order valence-corrected chi connectivity index (χ4v) is 2.46. The lowest BCUT2D eigenvalue weighted by Crippen LogP contribution is -1.87. The second-order valence-electron chi connectivity index (χ2n) is 4.31. The zero-order chi connectivity index (χ0) is 13.0. The number of rotatable bonds is 3. The molecule has 0 fully saturated rings. The zero-order valence-electron chi connectivity index (χ0n) is 10.4. The lowest BCUT2D eigenvalue weighted by molar-refractivity contribution is 0.865. The Morgan fingerprint density at radius 2 is 1.89 bits per heavy atom. The van der Waals surface area contributed by atoms with Gasteiger partial charge in [0.2, 0.25) is 0 Å². The Balaban J connectivity index is 2.22. The minimum absolute atomic E-state index is 0.539. The van der Waals surface area contributed by atoms with Gasteiger partial charge in [-0.1, -0.05) is 37.7 Å². The molecule has 1 aromatic heterocycles. The molecule has 2 nitrogen and oxygen atoms in total. The van der Waals surface area contributed by atoms with E-state index >= 15 is 0 Å². The van der Waals surface area contributed by atoms with Gasteiger partial charge >= 0.3 is 0 Å². The van der Waals surface area contributed by atoms with E-state index in [0.717, 1.165) is 9.79 Å². The number of hydrogen-bond acceptors (Lipinski definition) is 3. The van der Waals surface area contributed by atoms with Crippen LogP contribution in [0.25, 0.3) is 0 Å². The second-order valence-corrected chi connectivity index (χ2v) is 5.42. The molecule has 1 heterocycles. The molecule has 0 saturated carbocycles. The smallest absolute Gasteiger partial charge is 0.100 e. The molecule has 2 rings (SSSR count). The molecule has 0 N–H and O–H groups in total. The third-order valence-corrected chi connectivity index (χ3v) is 3.73. The van der Waals surface area contributed by atoms with Gasteiger partial charge in [0.05, 0.1) is 5.56 Å². The topological polar surface area (TPSA) is 36.7 Å². The molecule has 2 aromatic rings. The van der Waals surface area contributed by atoms with Gasteiger partial charge in [-0.05, 0) is 29.7 Å². The highest BCUT2D eigenvalue weighted by Gasteiger charge is 2.04. The fraction of sp³-hybridized carbons (Fsp3) is 0.200. The van der Waals surface area contributed by atoms with Crippen molar-refractivity contribution in [2.24, 2.45) is 0 Å². The monoisotopic (exact) mass is 254 g/mol. The highest BCUT2D eigenvalue weighted by Crippen LogP contribution is 2.30. The quantitative estimate of drug-likeness (QED) is 0.822. The summed E-state index contributed by atoms with van der Waals surface area (Å²) in [6.07, 6.45) is 3.38. The second kappa shape index (κ2) is 5.70. The first kappa shape index (κ1) is 12.7. The Hall–Kier alpha value is -1.79. The van der Waals surface area contributed by atoms with E-state index in [2.05, 4.69) is 49.2 Å². The van der Waals surface area contributed by atoms with Crippen molar-refractivity contribution in [3.05, 3.63) is 53.9 Å². The van der Waals surface area contributed by atoms with E-state index in [9.17, 15) is 0 Å². The van der Waals surface area contributed by atoms with E-state index in [-0.39, 0.29) is 0 Å². The van der Waals surface area contributed by atoms with Crippen molar-refractivity contribution < 1.29 is 0 Å². The molecule has 1 aromatic carbocycles. The molecule has 0 aliphatic heterocycles. The van der Waals surface area contributed by atoms with Crippen LogP contribution < -0.4 is 0 Å². The van der Waals surface area contributed by atoms with Crippen molar-refractivity contribution in [1.29, 1.82) is 5.26 Å². The average Bonchev–Trinajstić information content (AvgIpc) is 2.40. The van der Waals surface area contributed by atoms with Gasteiger partial charge in [0, 0.05) is 22.2 Å². The van der Waals surface area contributed by atoms with Crippen LogP contribution in [0.15, 0.2) is 52.5 Å². The van der Waals surface area contributed by atoms with E-state index in [1.165, 1.54) is 5.56 Å². The molecule has 0 aliphatic carbocycles. The van der Waals surface area contributed by atoms with Gasteiger partial charge in [0.15, 0.2) is 0 Å². The normalized spacial score (nSPS) is 10.3. The maximum atomic E-state index is 9.02. The lowest BCUT2D eigenvalue weighted by Gasteiger charge is -2.07. The average molecular weight is 254 g/mol. The first-order valence-corrected chi connectivity index (χ1v) is 6.64. The van der Waals surface area contributed by atoms with Gasteiger partial charge in [-0.25, -0.2) is 0 Å². The highest BCUT2D eigenvalue weighted by atomic mass is 32.2. The van der Waals surface area contributed by atoms with Crippen LogP contribution in [0, 0.1) is 11.3 Å². The number of pyridine rings is 1. The molecule has 0 aliphatic rings. The maximum Gasteiger partial charge on any atom is 0.100 e. The Morgan fingerprint density at radius 3 is 2.50 bits per heavy atom. The van der Waals surface area contributed by atoms with Crippen molar-refractivity contribution in [2.45, 2.75) is 29.6 Å². The summed E-state index contributed by atoms with van der Waals surface area (Å²) in [6, 6.07) is 12.4. The Bertz CT molecular complexity index is 568. The summed E-state index contributed by atoms with van der Waals surface area (Å²) in [4.78, 5) is 6.09. The molecule has 0 bridgehead atoms. The number of nitrogens with zero attached hydrogens (tertiary/aromatic N) is 2. The van der Waals surface area contributed by atoms with Gasteiger partial charge in [-0.3, -0.25) is 4.98 Å². The van der Waals surface area contributed by atoms with Gasteiger partial charge in [0.25, 0.3) is 0 Å². The summed E-state index contributed by atoms with van der Waals surface area (Å²) in [5.74, 6) is 0.539. The standard InChI is InChI=1S/C15H14N2S/c1-11(2)12-3-5-14(6-4-12)18-15-10-17-8-7-13(15)9-16/h3-8,10-11H,1-2H3. The number of aromatic nitrogens is 1. The fourth-order valence-electron chi connectivity index (χ4n) is 1.60. The van der Waals surface area contributed by atoms with Crippen LogP contribution in [0.4, 0.5) is 0 Å². The van der Waals surface area contributed by atoms with Crippen molar-refractivity contribution in [3.63, 3.8) is 0 Å². The summed E-state index contributed by atoms with van der Waals surface area (Å²) >= 11 is 1.57. The predicted octanol–water partition coefficient (Wildman–Crippen LogP) is 4.23. The van der Waals surface area contributed by atoms with Crippen LogP contribution in [0.1, 0.15) is 30.9 Å². The summed E-state index contributed by atoms with van der Waals surface area (Å²) in [7, 11) is 0. The van der Waals surface area contributed by atoms with Gasteiger partial charge < -0.3 is 0 Å². The molecular formula is C15H14N2S. The highest BCUT2D eigenvalue weighted by molar-refractivity contribution is 7.99. The van der Waals surface area contributed by atoms with E-state index in [0.29, 0.717) is 11.5 Å². The van der Waals surface area contributed by atoms with E-state index < -0.39 is 0 Å². The Kier molecular flexibility index (Phi) is 4.01. The lowest BCUT2D eigenvalue weighted by atomic mass is 10.0. The van der Waals surface area contributed by atoms with Gasteiger partial charge in [-0.2, -0.15) is 5.26 Å². The van der Waals surface area contributed by atoms with Crippen LogP contribution in [-0.4, -0.2) is 4.98 Å². The van der Waals surface area contributed by atoms with E-state index in [4.69, 9.17) is 5.26 Å². The van der Waals surface area contributed by atoms with Crippen LogP contribution >= 0.6 is 11.8 Å². The number of nitriles is 1. The molecule has 0 spiro atoms. The Morgan fingerprint density at radius 1 is 1.17 bits per heavy atom. The van der Waals surface area contributed by atoms with E-state index in [1.54, 1.807) is 30.2 Å². The predicted molar refractivity (Wildman–Crippen MR) is 73.6 cm³/mol. The van der Waals surface area contributed by atoms with Crippen LogP contribution in [0.3, 0.4) is 0 Å². The summed E-state index contributed by atoms with van der Waals surface area (Å²) in [6.45, 7) is 4.36. The van der Waals surface area contributed by atoms with E-state index in [1.807, 2.05) is 0 Å². The molecule has 0 saturated heterocycles. The van der Waals surface area contributed by atoms with Crippen molar-refractivity contribution >= 4 is 11.8 Å². The number of benzene rings is 1. The van der Waals surface area contributed by atoms with Crippen LogP contribution in [-0.2, 0) is 0 Å². The molecular weight excluding hydrogens is 240 g/mol. The molecule has 0 amide bonds. The largest absolute Gasteiger partial charge is 0.263 e. The Labute approximate surface area is 112 Å². The van der Waals surface area contributed by atoms with Crippen molar-refractivity contribution in [2.75, 3.05) is 0 Å². The van der Waals surface area contributed by atoms with Crippen molar-refractivity contribution in [1.82, 2.24) is 4.98 Å². The SMILES string of the molecule is CC(C)c1ccc(Sc2cnccc2C#N)cc1. The third-order valence-electron chi connectivity index (χ3n) is 2.68. The molecule has 3 heteroatoms. The zero-order valence-corrected chi connectivity index (χ0v) is 11.2. The molecule has 0 unspecified atom stereocenters. The first-order valence-electron chi connectivity index (χ1n) is 5.82. The molecule has 0 atom stereocenters.